The molecule has 0 saturated carbocycles. The number of hydrogen-bond donors (Lipinski definition) is 2. The zero-order valence-electron chi connectivity index (χ0n) is 11.8. The van der Waals surface area contributed by atoms with Crippen molar-refractivity contribution in [2.45, 2.75) is 25.7 Å². The molecule has 2 saturated heterocycles. The van der Waals surface area contributed by atoms with E-state index in [1.54, 1.807) is 0 Å². The number of fused-ring (bicyclic) bond motifs is 1. The maximum absolute atomic E-state index is 5.70. The van der Waals surface area contributed by atoms with Crippen LogP contribution in [0.5, 0.6) is 0 Å². The van der Waals surface area contributed by atoms with Crippen LogP contribution in [0.2, 0.25) is 5.15 Å². The zero-order valence-corrected chi connectivity index (χ0v) is 12.6. The molecule has 0 aliphatic carbocycles. The Kier molecular flexibility index (Phi) is 6.65. The fourth-order valence-electron chi connectivity index (χ4n) is 1.83. The Balaban J connectivity index is 0.000000134. The van der Waals surface area contributed by atoms with E-state index in [9.17, 15) is 0 Å². The topological polar surface area (TPSA) is 98.9 Å². The van der Waals surface area contributed by atoms with E-state index in [0.29, 0.717) is 16.3 Å². The average molecular weight is 314 g/mol. The molecular weight excluding hydrogens is 294 g/mol. The number of rotatable bonds is 0. The zero-order chi connectivity index (χ0) is 14.9. The number of aromatic amines is 1. The number of hydrogen-bond acceptors (Lipinski definition) is 6. The lowest BCUT2D eigenvalue weighted by atomic mass is 10.4. The number of ether oxygens (including phenoxy) is 2. The Labute approximate surface area is 128 Å². The van der Waals surface area contributed by atoms with Gasteiger partial charge < -0.3 is 20.2 Å². The molecule has 4 rings (SSSR count). The van der Waals surface area contributed by atoms with Crippen LogP contribution in [0.15, 0.2) is 6.33 Å². The fraction of sp³-hybridized carbons (Fsp3) is 0.615. The van der Waals surface area contributed by atoms with Crippen molar-refractivity contribution in [3.63, 3.8) is 0 Å². The smallest absolute Gasteiger partial charge is 0.223 e. The molecule has 2 aliphatic rings. The van der Waals surface area contributed by atoms with Crippen molar-refractivity contribution in [1.82, 2.24) is 19.9 Å². The van der Waals surface area contributed by atoms with Crippen LogP contribution in [0.25, 0.3) is 11.2 Å². The highest BCUT2D eigenvalue weighted by molar-refractivity contribution is 6.33. The van der Waals surface area contributed by atoms with Crippen molar-refractivity contribution in [2.24, 2.45) is 0 Å². The van der Waals surface area contributed by atoms with E-state index in [4.69, 9.17) is 26.8 Å². The number of anilines is 1. The highest BCUT2D eigenvalue weighted by Crippen LogP contribution is 2.16. The van der Waals surface area contributed by atoms with Gasteiger partial charge in [-0.05, 0) is 25.7 Å². The molecule has 4 heterocycles. The molecule has 116 valence electrons. The van der Waals surface area contributed by atoms with Crippen LogP contribution in [0.1, 0.15) is 25.7 Å². The number of nitrogens with one attached hydrogen (secondary N) is 1. The normalized spacial score (nSPS) is 17.0. The molecule has 0 unspecified atom stereocenters. The lowest BCUT2D eigenvalue weighted by molar-refractivity contribution is 0.198. The molecule has 7 nitrogen and oxygen atoms in total. The summed E-state index contributed by atoms with van der Waals surface area (Å²) in [7, 11) is 0. The third kappa shape index (κ3) is 5.45. The third-order valence-electron chi connectivity index (χ3n) is 2.91. The van der Waals surface area contributed by atoms with Gasteiger partial charge in [0, 0.05) is 26.4 Å². The quantitative estimate of drug-likeness (QED) is 0.723. The van der Waals surface area contributed by atoms with E-state index in [-0.39, 0.29) is 5.95 Å². The first-order chi connectivity index (χ1) is 10.3. The third-order valence-corrected chi connectivity index (χ3v) is 3.19. The molecule has 2 aliphatic heterocycles. The molecule has 0 amide bonds. The number of imidazole rings is 1. The predicted molar refractivity (Wildman–Crippen MR) is 81.2 cm³/mol. The Hall–Kier alpha value is -1.44. The summed E-state index contributed by atoms with van der Waals surface area (Å²) in [6, 6.07) is 0. The van der Waals surface area contributed by atoms with E-state index < -0.39 is 0 Å². The Morgan fingerprint density at radius 2 is 1.57 bits per heavy atom. The van der Waals surface area contributed by atoms with Crippen LogP contribution in [0, 0.1) is 0 Å². The van der Waals surface area contributed by atoms with E-state index in [1.807, 2.05) is 0 Å². The minimum absolute atomic E-state index is 0.134. The van der Waals surface area contributed by atoms with Crippen molar-refractivity contribution in [1.29, 1.82) is 0 Å². The lowest BCUT2D eigenvalue weighted by Crippen LogP contribution is -1.94. The standard InChI is InChI=1S/C5H4ClN5.2C4H8O/c6-3-2-4(9-1-8-2)11-5(7)10-3;2*1-2-4-5-3-1/h1H,(H3,7,8,9,10,11);2*1-4H2. The van der Waals surface area contributed by atoms with Gasteiger partial charge in [-0.3, -0.25) is 0 Å². The van der Waals surface area contributed by atoms with Crippen molar-refractivity contribution >= 4 is 28.7 Å². The summed E-state index contributed by atoms with van der Waals surface area (Å²) in [4.78, 5) is 14.2. The predicted octanol–water partition coefficient (Wildman–Crippen LogP) is 2.18. The van der Waals surface area contributed by atoms with Crippen LogP contribution < -0.4 is 5.73 Å². The average Bonchev–Trinajstić information content (AvgIpc) is 3.24. The molecule has 3 N–H and O–H groups in total. The van der Waals surface area contributed by atoms with E-state index in [0.717, 1.165) is 26.4 Å². The molecular formula is C13H20ClN5O2. The highest BCUT2D eigenvalue weighted by Gasteiger charge is 2.04. The van der Waals surface area contributed by atoms with Crippen LogP contribution >= 0.6 is 11.6 Å². The summed E-state index contributed by atoms with van der Waals surface area (Å²) in [6.45, 7) is 4.00. The molecule has 0 bridgehead atoms. The number of H-pyrrole nitrogens is 1. The van der Waals surface area contributed by atoms with Crippen LogP contribution in [0.3, 0.4) is 0 Å². The van der Waals surface area contributed by atoms with Crippen molar-refractivity contribution in [2.75, 3.05) is 32.2 Å². The van der Waals surface area contributed by atoms with Gasteiger partial charge in [0.1, 0.15) is 5.52 Å². The fourth-order valence-corrected chi connectivity index (χ4v) is 2.06. The van der Waals surface area contributed by atoms with E-state index >= 15 is 0 Å². The Morgan fingerprint density at radius 1 is 1.00 bits per heavy atom. The van der Waals surface area contributed by atoms with Crippen molar-refractivity contribution in [3.05, 3.63) is 11.5 Å². The molecule has 0 aromatic carbocycles. The molecule has 21 heavy (non-hydrogen) atoms. The molecule has 2 fully saturated rings. The summed E-state index contributed by atoms with van der Waals surface area (Å²) in [5.74, 6) is 0.134. The Morgan fingerprint density at radius 3 is 2.05 bits per heavy atom. The van der Waals surface area contributed by atoms with Crippen molar-refractivity contribution in [3.8, 4) is 0 Å². The van der Waals surface area contributed by atoms with Gasteiger partial charge in [0.15, 0.2) is 10.8 Å². The SMILES string of the molecule is C1CCOC1.C1CCOC1.Nc1nc(Cl)c2[nH]cnc2n1. The highest BCUT2D eigenvalue weighted by atomic mass is 35.5. The van der Waals surface area contributed by atoms with Gasteiger partial charge >= 0.3 is 0 Å². The van der Waals surface area contributed by atoms with E-state index in [1.165, 1.54) is 32.0 Å². The molecule has 0 atom stereocenters. The number of halogens is 1. The number of aromatic nitrogens is 4. The Bertz CT molecular complexity index is 515. The summed E-state index contributed by atoms with van der Waals surface area (Å²) in [6.07, 6.45) is 6.60. The van der Waals surface area contributed by atoms with Gasteiger partial charge in [0.2, 0.25) is 5.95 Å². The monoisotopic (exact) mass is 313 g/mol. The molecule has 8 heteroatoms. The summed E-state index contributed by atoms with van der Waals surface area (Å²) in [5.41, 5.74) is 6.42. The van der Waals surface area contributed by atoms with Gasteiger partial charge in [0.05, 0.1) is 6.33 Å². The van der Waals surface area contributed by atoms with Crippen LogP contribution in [0.4, 0.5) is 5.95 Å². The van der Waals surface area contributed by atoms with Gasteiger partial charge in [0.25, 0.3) is 0 Å². The molecule has 2 aromatic rings. The number of nitrogen functional groups attached to an aromatic ring is 1. The minimum atomic E-state index is 0.134. The van der Waals surface area contributed by atoms with Gasteiger partial charge in [-0.2, -0.15) is 9.97 Å². The first-order valence-electron chi connectivity index (χ1n) is 7.05. The van der Waals surface area contributed by atoms with Gasteiger partial charge in [-0.1, -0.05) is 11.6 Å². The summed E-state index contributed by atoms with van der Waals surface area (Å²) >= 11 is 5.70. The summed E-state index contributed by atoms with van der Waals surface area (Å²) in [5, 5.41) is 0.296. The van der Waals surface area contributed by atoms with Crippen molar-refractivity contribution < 1.29 is 9.47 Å². The first-order valence-corrected chi connectivity index (χ1v) is 7.43. The maximum Gasteiger partial charge on any atom is 0.223 e. The first kappa shape index (κ1) is 15.9. The molecule has 0 spiro atoms. The van der Waals surface area contributed by atoms with Gasteiger partial charge in [-0.15, -0.1) is 0 Å². The van der Waals surface area contributed by atoms with Gasteiger partial charge in [-0.25, -0.2) is 4.98 Å². The second-order valence-electron chi connectivity index (χ2n) is 4.61. The molecule has 2 aromatic heterocycles. The molecule has 0 radical (unpaired) electrons. The van der Waals surface area contributed by atoms with Crippen LogP contribution in [-0.4, -0.2) is 46.4 Å². The second kappa shape index (κ2) is 8.76. The lowest BCUT2D eigenvalue weighted by Gasteiger charge is -1.92. The van der Waals surface area contributed by atoms with Crippen LogP contribution in [-0.2, 0) is 9.47 Å². The number of nitrogens with two attached hydrogens (primary N) is 1. The van der Waals surface area contributed by atoms with E-state index in [2.05, 4.69) is 19.9 Å². The maximum atomic E-state index is 5.70. The summed E-state index contributed by atoms with van der Waals surface area (Å²) < 4.78 is 9.89. The largest absolute Gasteiger partial charge is 0.381 e. The second-order valence-corrected chi connectivity index (χ2v) is 4.97. The number of nitrogens with zero attached hydrogens (tertiary/aromatic N) is 3. The minimum Gasteiger partial charge on any atom is -0.381 e.